The molecule has 1 atom stereocenters. The van der Waals surface area contributed by atoms with Crippen molar-refractivity contribution in [3.8, 4) is 0 Å². The number of anilines is 2. The van der Waals surface area contributed by atoms with Gasteiger partial charge < -0.3 is 0 Å². The molecule has 3 nitrogen and oxygen atoms in total. The summed E-state index contributed by atoms with van der Waals surface area (Å²) in [5, 5.41) is 2.66. The smallest absolute Gasteiger partial charge is 0.233 e. The lowest BCUT2D eigenvalue weighted by atomic mass is 9.85. The number of hydrogen-bond donors (Lipinski definition) is 0. The van der Waals surface area contributed by atoms with E-state index < -0.39 is 5.92 Å². The molecule has 0 aliphatic carbocycles. The molecule has 7 heteroatoms. The summed E-state index contributed by atoms with van der Waals surface area (Å²) in [7, 11) is 0. The van der Waals surface area contributed by atoms with E-state index in [2.05, 4.69) is 0 Å². The number of carbonyl (C=O) groups is 1. The number of fused-ring (bicyclic) bond motifs is 2. The Hall–Kier alpha value is -2.37. The molecule has 0 saturated carbocycles. The van der Waals surface area contributed by atoms with Crippen molar-refractivity contribution in [1.82, 2.24) is 0 Å². The second-order valence-corrected chi connectivity index (χ2v) is 9.59. The highest BCUT2D eigenvalue weighted by molar-refractivity contribution is 7.22. The molecule has 0 radical (unpaired) electrons. The second-order valence-electron chi connectivity index (χ2n) is 7.28. The number of halogens is 3. The molecular formula is C24H14Cl3NO2S. The van der Waals surface area contributed by atoms with E-state index in [9.17, 15) is 9.59 Å². The van der Waals surface area contributed by atoms with Crippen LogP contribution in [0, 0.1) is 0 Å². The van der Waals surface area contributed by atoms with Gasteiger partial charge in [-0.3, -0.25) is 14.5 Å². The highest BCUT2D eigenvalue weighted by Gasteiger charge is 2.37. The molecule has 4 aromatic rings. The fourth-order valence-electron chi connectivity index (χ4n) is 4.01. The van der Waals surface area contributed by atoms with Gasteiger partial charge in [-0.2, -0.15) is 0 Å². The predicted octanol–water partition coefficient (Wildman–Crippen LogP) is 7.42. The topological polar surface area (TPSA) is 37.4 Å². The van der Waals surface area contributed by atoms with Crippen molar-refractivity contribution < 1.29 is 4.79 Å². The first-order valence-electron chi connectivity index (χ1n) is 9.53. The van der Waals surface area contributed by atoms with Crippen molar-refractivity contribution in [2.24, 2.45) is 0 Å². The second kappa shape index (κ2) is 7.95. The van der Waals surface area contributed by atoms with Crippen LogP contribution in [0.5, 0.6) is 0 Å². The Morgan fingerprint density at radius 1 is 0.871 bits per heavy atom. The maximum absolute atomic E-state index is 13.7. The van der Waals surface area contributed by atoms with E-state index in [-0.39, 0.29) is 17.8 Å². The van der Waals surface area contributed by atoms with Crippen LogP contribution in [0.4, 0.5) is 10.7 Å². The average Bonchev–Trinajstić information content (AvgIpc) is 2.75. The standard InChI is InChI=1S/C24H14Cl3NO2S/c25-13-7-9-19(27)17(10-13)18-12-21(29)28(15-4-2-1-3-5-15)24-22(18)23(30)16-8-6-14(26)11-20(16)31-24/h1-11,18H,12H2. The van der Waals surface area contributed by atoms with Gasteiger partial charge in [0.05, 0.1) is 0 Å². The Balaban J connectivity index is 1.85. The third-order valence-electron chi connectivity index (χ3n) is 5.40. The van der Waals surface area contributed by atoms with Crippen LogP contribution in [0.2, 0.25) is 15.1 Å². The van der Waals surface area contributed by atoms with Crippen LogP contribution in [0.15, 0.2) is 71.5 Å². The molecule has 0 fully saturated rings. The molecule has 31 heavy (non-hydrogen) atoms. The van der Waals surface area contributed by atoms with Crippen molar-refractivity contribution in [2.45, 2.75) is 12.3 Å². The van der Waals surface area contributed by atoms with Crippen LogP contribution in [-0.4, -0.2) is 5.91 Å². The van der Waals surface area contributed by atoms with E-state index in [1.54, 1.807) is 41.3 Å². The molecule has 1 aliphatic rings. The highest BCUT2D eigenvalue weighted by Crippen LogP contribution is 2.47. The van der Waals surface area contributed by atoms with Crippen molar-refractivity contribution in [3.63, 3.8) is 0 Å². The highest BCUT2D eigenvalue weighted by atomic mass is 35.5. The van der Waals surface area contributed by atoms with Crippen LogP contribution in [0.3, 0.4) is 0 Å². The molecule has 2 heterocycles. The van der Waals surface area contributed by atoms with E-state index in [0.29, 0.717) is 42.3 Å². The molecular weight excluding hydrogens is 473 g/mol. The Morgan fingerprint density at radius 2 is 1.58 bits per heavy atom. The largest absolute Gasteiger partial charge is 0.289 e. The van der Waals surface area contributed by atoms with E-state index in [1.165, 1.54) is 11.3 Å². The van der Waals surface area contributed by atoms with Gasteiger partial charge in [0.2, 0.25) is 5.91 Å². The lowest BCUT2D eigenvalue weighted by Gasteiger charge is -2.33. The number of carbonyl (C=O) groups excluding carboxylic acids is 1. The van der Waals surface area contributed by atoms with Crippen LogP contribution in [-0.2, 0) is 4.79 Å². The van der Waals surface area contributed by atoms with E-state index in [0.717, 1.165) is 4.70 Å². The number of para-hydroxylation sites is 1. The molecule has 0 bridgehead atoms. The Labute approximate surface area is 197 Å². The molecule has 0 spiro atoms. The summed E-state index contributed by atoms with van der Waals surface area (Å²) >= 11 is 20.3. The molecule has 0 saturated heterocycles. The molecule has 5 rings (SSSR count). The summed E-state index contributed by atoms with van der Waals surface area (Å²) in [6.45, 7) is 0. The zero-order valence-corrected chi connectivity index (χ0v) is 19.0. The fraction of sp³-hybridized carbons (Fsp3) is 0.0833. The fourth-order valence-corrected chi connectivity index (χ4v) is 5.98. The first kappa shape index (κ1) is 20.5. The summed E-state index contributed by atoms with van der Waals surface area (Å²) in [4.78, 5) is 28.7. The van der Waals surface area contributed by atoms with Crippen LogP contribution < -0.4 is 10.3 Å². The number of nitrogens with zero attached hydrogens (tertiary/aromatic N) is 1. The van der Waals surface area contributed by atoms with Gasteiger partial charge in [0, 0.05) is 48.7 Å². The molecule has 1 unspecified atom stereocenters. The van der Waals surface area contributed by atoms with E-state index in [4.69, 9.17) is 34.8 Å². The monoisotopic (exact) mass is 485 g/mol. The number of benzene rings is 3. The van der Waals surface area contributed by atoms with Gasteiger partial charge in [-0.1, -0.05) is 53.0 Å². The quantitative estimate of drug-likeness (QED) is 0.295. The van der Waals surface area contributed by atoms with Gasteiger partial charge >= 0.3 is 0 Å². The third-order valence-corrected chi connectivity index (χ3v) is 7.37. The zero-order valence-electron chi connectivity index (χ0n) is 15.9. The van der Waals surface area contributed by atoms with Gasteiger partial charge in [-0.15, -0.1) is 11.3 Å². The SMILES string of the molecule is O=C1CC(c2cc(Cl)ccc2Cl)c2c(sc3cc(Cl)ccc3c2=O)N1c1ccccc1. The predicted molar refractivity (Wildman–Crippen MR) is 130 cm³/mol. The van der Waals surface area contributed by atoms with Crippen molar-refractivity contribution in [3.05, 3.63) is 103 Å². The van der Waals surface area contributed by atoms with Gasteiger partial charge in [0.15, 0.2) is 5.43 Å². The minimum Gasteiger partial charge on any atom is -0.289 e. The minimum atomic E-state index is -0.488. The molecule has 154 valence electrons. The third kappa shape index (κ3) is 3.54. The first-order valence-corrected chi connectivity index (χ1v) is 11.5. The Morgan fingerprint density at radius 3 is 2.35 bits per heavy atom. The molecule has 1 amide bonds. The summed E-state index contributed by atoms with van der Waals surface area (Å²) in [5.74, 6) is -0.603. The minimum absolute atomic E-state index is 0.114. The van der Waals surface area contributed by atoms with Crippen molar-refractivity contribution in [1.29, 1.82) is 0 Å². The zero-order chi connectivity index (χ0) is 21.7. The van der Waals surface area contributed by atoms with Crippen molar-refractivity contribution >= 4 is 72.8 Å². The van der Waals surface area contributed by atoms with Crippen molar-refractivity contribution in [2.75, 3.05) is 4.90 Å². The first-order chi connectivity index (χ1) is 14.9. The summed E-state index contributed by atoms with van der Waals surface area (Å²) < 4.78 is 0.725. The molecule has 0 N–H and O–H groups in total. The average molecular weight is 487 g/mol. The molecule has 1 aromatic heterocycles. The molecule has 1 aliphatic heterocycles. The normalized spacial score (nSPS) is 15.9. The van der Waals surface area contributed by atoms with Gasteiger partial charge in [0.25, 0.3) is 0 Å². The Bertz CT molecular complexity index is 1400. The van der Waals surface area contributed by atoms with Crippen LogP contribution in [0.1, 0.15) is 23.5 Å². The van der Waals surface area contributed by atoms with Gasteiger partial charge in [-0.05, 0) is 54.1 Å². The summed E-state index contributed by atoms with van der Waals surface area (Å²) in [6.07, 6.45) is 0.114. The number of hydrogen-bond acceptors (Lipinski definition) is 3. The Kier molecular flexibility index (Phi) is 5.27. The van der Waals surface area contributed by atoms with Gasteiger partial charge in [0.1, 0.15) is 5.00 Å². The maximum atomic E-state index is 13.7. The maximum Gasteiger partial charge on any atom is 0.233 e. The summed E-state index contributed by atoms with van der Waals surface area (Å²) in [6, 6.07) is 19.6. The van der Waals surface area contributed by atoms with Crippen LogP contribution >= 0.6 is 46.1 Å². The summed E-state index contributed by atoms with van der Waals surface area (Å²) in [5.41, 5.74) is 1.80. The van der Waals surface area contributed by atoms with Crippen LogP contribution in [0.25, 0.3) is 10.1 Å². The van der Waals surface area contributed by atoms with E-state index >= 15 is 0 Å². The lowest BCUT2D eigenvalue weighted by molar-refractivity contribution is -0.118. The lowest BCUT2D eigenvalue weighted by Crippen LogP contribution is -2.35. The van der Waals surface area contributed by atoms with E-state index in [1.807, 2.05) is 30.3 Å². The number of amides is 1. The van der Waals surface area contributed by atoms with Gasteiger partial charge in [-0.25, -0.2) is 0 Å². The number of rotatable bonds is 2. The molecule has 3 aromatic carbocycles.